The fourth-order valence-corrected chi connectivity index (χ4v) is 3.69. The number of carbonyl (C=O) groups excluding carboxylic acids is 2. The molecule has 3 aromatic rings. The van der Waals surface area contributed by atoms with Gasteiger partial charge in [0.2, 0.25) is 5.91 Å². The van der Waals surface area contributed by atoms with Crippen LogP contribution in [0.15, 0.2) is 78.9 Å². The molecule has 6 nitrogen and oxygen atoms in total. The number of benzene rings is 3. The maximum absolute atomic E-state index is 14.6. The van der Waals surface area contributed by atoms with Crippen molar-refractivity contribution in [3.05, 3.63) is 95.8 Å². The Bertz CT molecular complexity index is 1110. The Kier molecular flexibility index (Phi) is 9.66. The van der Waals surface area contributed by atoms with E-state index in [0.29, 0.717) is 23.6 Å². The van der Waals surface area contributed by atoms with E-state index in [2.05, 4.69) is 5.32 Å². The van der Waals surface area contributed by atoms with Gasteiger partial charge in [0.05, 0.1) is 7.11 Å². The van der Waals surface area contributed by atoms with Crippen LogP contribution in [0.25, 0.3) is 0 Å². The predicted molar refractivity (Wildman–Crippen MR) is 133 cm³/mol. The SMILES string of the molecule is CCCNC(=O)[C@@H](Cc1ccccc1)N(Cc1ccccc1F)C(=O)COc1ccccc1OC. The maximum atomic E-state index is 14.6. The molecule has 0 aliphatic rings. The van der Waals surface area contributed by atoms with Crippen LogP contribution in [0.2, 0.25) is 0 Å². The van der Waals surface area contributed by atoms with Crippen molar-refractivity contribution in [1.82, 2.24) is 10.2 Å². The molecule has 184 valence electrons. The quantitative estimate of drug-likeness (QED) is 0.420. The molecule has 0 aromatic heterocycles. The van der Waals surface area contributed by atoms with Gasteiger partial charge < -0.3 is 19.7 Å². The molecule has 0 saturated heterocycles. The third-order valence-corrected chi connectivity index (χ3v) is 5.54. The number of amides is 2. The van der Waals surface area contributed by atoms with Crippen molar-refractivity contribution in [2.24, 2.45) is 0 Å². The normalized spacial score (nSPS) is 11.4. The summed E-state index contributed by atoms with van der Waals surface area (Å²) in [5, 5.41) is 2.89. The number of hydrogen-bond donors (Lipinski definition) is 1. The lowest BCUT2D eigenvalue weighted by Crippen LogP contribution is -2.52. The average molecular weight is 479 g/mol. The smallest absolute Gasteiger partial charge is 0.261 e. The molecule has 0 heterocycles. The van der Waals surface area contributed by atoms with Crippen LogP contribution in [0.1, 0.15) is 24.5 Å². The molecule has 0 aliphatic heterocycles. The second-order valence-corrected chi connectivity index (χ2v) is 8.05. The van der Waals surface area contributed by atoms with E-state index in [9.17, 15) is 14.0 Å². The van der Waals surface area contributed by atoms with Crippen molar-refractivity contribution in [3.63, 3.8) is 0 Å². The fraction of sp³-hybridized carbons (Fsp3) is 0.286. The molecule has 1 N–H and O–H groups in total. The summed E-state index contributed by atoms with van der Waals surface area (Å²) in [6.45, 7) is 2.03. The van der Waals surface area contributed by atoms with Crippen LogP contribution in [0, 0.1) is 5.82 Å². The lowest BCUT2D eigenvalue weighted by molar-refractivity contribution is -0.142. The first-order chi connectivity index (χ1) is 17.0. The van der Waals surface area contributed by atoms with Gasteiger partial charge in [0.25, 0.3) is 5.91 Å². The molecule has 35 heavy (non-hydrogen) atoms. The Hall–Kier alpha value is -3.87. The Morgan fingerprint density at radius 2 is 1.60 bits per heavy atom. The zero-order chi connectivity index (χ0) is 25.0. The molecular weight excluding hydrogens is 447 g/mol. The third kappa shape index (κ3) is 7.30. The van der Waals surface area contributed by atoms with Gasteiger partial charge in [-0.15, -0.1) is 0 Å². The van der Waals surface area contributed by atoms with E-state index in [1.54, 1.807) is 42.5 Å². The van der Waals surface area contributed by atoms with Crippen molar-refractivity contribution in [2.75, 3.05) is 20.3 Å². The molecule has 3 aromatic carbocycles. The van der Waals surface area contributed by atoms with E-state index in [1.807, 2.05) is 37.3 Å². The average Bonchev–Trinajstić information content (AvgIpc) is 2.89. The predicted octanol–water partition coefficient (Wildman–Crippen LogP) is 4.38. The molecule has 0 unspecified atom stereocenters. The van der Waals surface area contributed by atoms with Gasteiger partial charge in [0, 0.05) is 25.1 Å². The summed E-state index contributed by atoms with van der Waals surface area (Å²) in [6.07, 6.45) is 1.03. The van der Waals surface area contributed by atoms with E-state index in [-0.39, 0.29) is 25.5 Å². The number of carbonyl (C=O) groups is 2. The molecule has 0 radical (unpaired) electrons. The second-order valence-electron chi connectivity index (χ2n) is 8.05. The van der Waals surface area contributed by atoms with Crippen molar-refractivity contribution >= 4 is 11.8 Å². The minimum atomic E-state index is -0.850. The van der Waals surface area contributed by atoms with Crippen LogP contribution in [0.3, 0.4) is 0 Å². The molecular formula is C28H31FN2O4. The highest BCUT2D eigenvalue weighted by Gasteiger charge is 2.31. The molecule has 2 amide bonds. The minimum absolute atomic E-state index is 0.0716. The molecule has 7 heteroatoms. The third-order valence-electron chi connectivity index (χ3n) is 5.54. The largest absolute Gasteiger partial charge is 0.493 e. The van der Waals surface area contributed by atoms with E-state index >= 15 is 0 Å². The second kappa shape index (κ2) is 13.1. The van der Waals surface area contributed by atoms with E-state index in [4.69, 9.17) is 9.47 Å². The number of nitrogens with one attached hydrogen (secondary N) is 1. The molecule has 1 atom stereocenters. The van der Waals surface area contributed by atoms with E-state index in [1.165, 1.54) is 18.1 Å². The zero-order valence-electron chi connectivity index (χ0n) is 20.1. The van der Waals surface area contributed by atoms with Gasteiger partial charge in [-0.1, -0.05) is 67.6 Å². The summed E-state index contributed by atoms with van der Waals surface area (Å²) >= 11 is 0. The van der Waals surface area contributed by atoms with Gasteiger partial charge in [-0.2, -0.15) is 0 Å². The fourth-order valence-electron chi connectivity index (χ4n) is 3.69. The highest BCUT2D eigenvalue weighted by molar-refractivity contribution is 5.88. The van der Waals surface area contributed by atoms with Crippen molar-refractivity contribution in [1.29, 1.82) is 0 Å². The first-order valence-corrected chi connectivity index (χ1v) is 11.6. The van der Waals surface area contributed by atoms with Gasteiger partial charge in [-0.3, -0.25) is 9.59 Å². The topological polar surface area (TPSA) is 67.9 Å². The van der Waals surface area contributed by atoms with E-state index < -0.39 is 17.8 Å². The van der Waals surface area contributed by atoms with Crippen LogP contribution < -0.4 is 14.8 Å². The van der Waals surface area contributed by atoms with Crippen LogP contribution in [-0.4, -0.2) is 43.0 Å². The summed E-state index contributed by atoms with van der Waals surface area (Å²) in [7, 11) is 1.52. The number of para-hydroxylation sites is 2. The Morgan fingerprint density at radius 3 is 2.29 bits per heavy atom. The molecule has 0 saturated carbocycles. The van der Waals surface area contributed by atoms with Gasteiger partial charge in [0.15, 0.2) is 18.1 Å². The summed E-state index contributed by atoms with van der Waals surface area (Å²) in [6, 6.07) is 21.8. The molecule has 0 bridgehead atoms. The molecule has 3 rings (SSSR count). The van der Waals surface area contributed by atoms with Gasteiger partial charge in [0.1, 0.15) is 11.9 Å². The van der Waals surface area contributed by atoms with Crippen LogP contribution in [0.4, 0.5) is 4.39 Å². The lowest BCUT2D eigenvalue weighted by Gasteiger charge is -2.31. The van der Waals surface area contributed by atoms with Gasteiger partial charge in [-0.25, -0.2) is 4.39 Å². The number of ether oxygens (including phenoxy) is 2. The first-order valence-electron chi connectivity index (χ1n) is 11.6. The van der Waals surface area contributed by atoms with Crippen LogP contribution in [0.5, 0.6) is 11.5 Å². The molecule has 0 fully saturated rings. The number of rotatable bonds is 12. The standard InChI is InChI=1S/C28H31FN2O4/c1-3-17-30-28(33)24(18-21-11-5-4-6-12-21)31(19-22-13-7-8-14-23(22)29)27(32)20-35-26-16-10-9-15-25(26)34-2/h4-16,24H,3,17-20H2,1-2H3,(H,30,33)/t24-/m1/s1. The number of halogens is 1. The maximum Gasteiger partial charge on any atom is 0.261 e. The highest BCUT2D eigenvalue weighted by atomic mass is 19.1. The molecule has 0 aliphatic carbocycles. The Labute approximate surface area is 205 Å². The van der Waals surface area contributed by atoms with Crippen LogP contribution in [-0.2, 0) is 22.6 Å². The molecule has 0 spiro atoms. The Morgan fingerprint density at radius 1 is 0.943 bits per heavy atom. The van der Waals surface area contributed by atoms with E-state index in [0.717, 1.165) is 12.0 Å². The Balaban J connectivity index is 1.91. The number of nitrogens with zero attached hydrogens (tertiary/aromatic N) is 1. The summed E-state index contributed by atoms with van der Waals surface area (Å²) in [5.41, 5.74) is 1.21. The highest BCUT2D eigenvalue weighted by Crippen LogP contribution is 2.26. The summed E-state index contributed by atoms with van der Waals surface area (Å²) in [5.74, 6) is -0.278. The van der Waals surface area contributed by atoms with Gasteiger partial charge in [-0.05, 0) is 30.2 Å². The van der Waals surface area contributed by atoms with Gasteiger partial charge >= 0.3 is 0 Å². The van der Waals surface area contributed by atoms with Crippen LogP contribution >= 0.6 is 0 Å². The number of methoxy groups -OCH3 is 1. The van der Waals surface area contributed by atoms with Crippen molar-refractivity contribution < 1.29 is 23.5 Å². The lowest BCUT2D eigenvalue weighted by atomic mass is 10.0. The van der Waals surface area contributed by atoms with Crippen molar-refractivity contribution in [3.8, 4) is 11.5 Å². The summed E-state index contributed by atoms with van der Waals surface area (Å²) < 4.78 is 25.6. The summed E-state index contributed by atoms with van der Waals surface area (Å²) in [4.78, 5) is 28.1. The minimum Gasteiger partial charge on any atom is -0.493 e. The monoisotopic (exact) mass is 478 g/mol. The zero-order valence-corrected chi connectivity index (χ0v) is 20.1. The van der Waals surface area contributed by atoms with Crippen molar-refractivity contribution in [2.45, 2.75) is 32.4 Å². The first kappa shape index (κ1) is 25.7. The number of hydrogen-bond acceptors (Lipinski definition) is 4.